The maximum atomic E-state index is 5.76. The van der Waals surface area contributed by atoms with Gasteiger partial charge in [0.05, 0.1) is 11.6 Å². The van der Waals surface area contributed by atoms with E-state index in [1.807, 2.05) is 36.4 Å². The largest absolute Gasteiger partial charge is 0.493 e. The Morgan fingerprint density at radius 3 is 2.60 bits per heavy atom. The molecule has 20 heavy (non-hydrogen) atoms. The van der Waals surface area contributed by atoms with Gasteiger partial charge in [0.15, 0.2) is 11.5 Å². The third-order valence-corrected chi connectivity index (χ3v) is 3.47. The Hall–Kier alpha value is -1.52. The molecule has 0 radical (unpaired) electrons. The molecule has 0 spiro atoms. The zero-order chi connectivity index (χ0) is 14.2. The Morgan fingerprint density at radius 1 is 1.05 bits per heavy atom. The number of nitrogens with one attached hydrogen (secondary N) is 1. The Morgan fingerprint density at radius 2 is 1.85 bits per heavy atom. The molecular weight excluding hydrogens is 318 g/mol. The van der Waals surface area contributed by atoms with Crippen molar-refractivity contribution in [3.05, 3.63) is 58.6 Å². The highest BCUT2D eigenvalue weighted by Crippen LogP contribution is 2.34. The van der Waals surface area contributed by atoms with E-state index in [0.717, 1.165) is 29.1 Å². The average molecular weight is 336 g/mol. The van der Waals surface area contributed by atoms with Crippen LogP contribution in [0.1, 0.15) is 5.56 Å². The van der Waals surface area contributed by atoms with Crippen molar-refractivity contribution in [2.45, 2.75) is 6.54 Å². The van der Waals surface area contributed by atoms with Crippen LogP contribution in [-0.4, -0.2) is 20.3 Å². The van der Waals surface area contributed by atoms with E-state index in [-0.39, 0.29) is 0 Å². The predicted molar refractivity (Wildman–Crippen MR) is 84.3 cm³/mol. The van der Waals surface area contributed by atoms with Gasteiger partial charge in [-0.15, -0.1) is 0 Å². The average Bonchev–Trinajstić information content (AvgIpc) is 2.49. The van der Waals surface area contributed by atoms with Crippen molar-refractivity contribution < 1.29 is 9.47 Å². The summed E-state index contributed by atoms with van der Waals surface area (Å²) in [7, 11) is 1.64. The molecule has 3 nitrogen and oxygen atoms in total. The Labute approximate surface area is 128 Å². The van der Waals surface area contributed by atoms with Gasteiger partial charge in [0.1, 0.15) is 6.61 Å². The van der Waals surface area contributed by atoms with Crippen molar-refractivity contribution in [1.82, 2.24) is 5.32 Å². The van der Waals surface area contributed by atoms with Crippen LogP contribution in [0, 0.1) is 0 Å². The lowest BCUT2D eigenvalue weighted by molar-refractivity contribution is 0.290. The summed E-state index contributed by atoms with van der Waals surface area (Å²) in [6.07, 6.45) is 0. The van der Waals surface area contributed by atoms with Crippen LogP contribution < -0.4 is 14.8 Å². The van der Waals surface area contributed by atoms with Gasteiger partial charge < -0.3 is 14.8 Å². The van der Waals surface area contributed by atoms with Gasteiger partial charge in [-0.2, -0.15) is 0 Å². The van der Waals surface area contributed by atoms with Gasteiger partial charge in [0, 0.05) is 13.1 Å². The van der Waals surface area contributed by atoms with Gasteiger partial charge in [0.25, 0.3) is 0 Å². The number of ether oxygens (including phenoxy) is 2. The molecule has 0 heterocycles. The molecule has 0 aliphatic rings. The molecule has 0 aromatic heterocycles. The topological polar surface area (TPSA) is 30.5 Å². The Balaban J connectivity index is 1.76. The summed E-state index contributed by atoms with van der Waals surface area (Å²) in [4.78, 5) is 0. The fraction of sp³-hybridized carbons (Fsp3) is 0.250. The standard InChI is InChI=1S/C16H18BrNO2/c1-19-15-9-5-8-14(17)16(15)20-11-10-18-12-13-6-3-2-4-7-13/h2-9,18H,10-12H2,1H3. The van der Waals surface area contributed by atoms with Crippen molar-refractivity contribution in [3.8, 4) is 11.5 Å². The highest BCUT2D eigenvalue weighted by Gasteiger charge is 2.07. The highest BCUT2D eigenvalue weighted by atomic mass is 79.9. The van der Waals surface area contributed by atoms with E-state index in [9.17, 15) is 0 Å². The molecule has 2 rings (SSSR count). The first-order valence-corrected chi connectivity index (χ1v) is 7.30. The van der Waals surface area contributed by atoms with E-state index in [0.29, 0.717) is 6.61 Å². The van der Waals surface area contributed by atoms with Gasteiger partial charge in [-0.25, -0.2) is 0 Å². The number of para-hydroxylation sites is 1. The van der Waals surface area contributed by atoms with Crippen LogP contribution in [0.25, 0.3) is 0 Å². The fourth-order valence-electron chi connectivity index (χ4n) is 1.84. The Bertz CT molecular complexity index is 531. The van der Waals surface area contributed by atoms with Crippen molar-refractivity contribution >= 4 is 15.9 Å². The number of methoxy groups -OCH3 is 1. The lowest BCUT2D eigenvalue weighted by atomic mass is 10.2. The van der Waals surface area contributed by atoms with Crippen LogP contribution in [0.5, 0.6) is 11.5 Å². The lowest BCUT2D eigenvalue weighted by Crippen LogP contribution is -2.20. The van der Waals surface area contributed by atoms with Gasteiger partial charge in [-0.3, -0.25) is 0 Å². The van der Waals surface area contributed by atoms with E-state index in [1.165, 1.54) is 5.56 Å². The molecule has 2 aromatic carbocycles. The molecule has 0 aliphatic heterocycles. The SMILES string of the molecule is COc1cccc(Br)c1OCCNCc1ccccc1. The van der Waals surface area contributed by atoms with Gasteiger partial charge in [-0.05, 0) is 33.6 Å². The first kappa shape index (κ1) is 14.9. The van der Waals surface area contributed by atoms with Crippen molar-refractivity contribution in [3.63, 3.8) is 0 Å². The molecule has 106 valence electrons. The fourth-order valence-corrected chi connectivity index (χ4v) is 2.31. The van der Waals surface area contributed by atoms with Gasteiger partial charge in [-0.1, -0.05) is 36.4 Å². The molecule has 4 heteroatoms. The van der Waals surface area contributed by atoms with Gasteiger partial charge in [0.2, 0.25) is 0 Å². The number of hydrogen-bond donors (Lipinski definition) is 1. The number of halogens is 1. The summed E-state index contributed by atoms with van der Waals surface area (Å²) in [6.45, 7) is 2.21. The minimum atomic E-state index is 0.589. The van der Waals surface area contributed by atoms with Crippen LogP contribution in [0.2, 0.25) is 0 Å². The van der Waals surface area contributed by atoms with Crippen LogP contribution in [0.3, 0.4) is 0 Å². The maximum Gasteiger partial charge on any atom is 0.175 e. The second-order valence-electron chi connectivity index (χ2n) is 4.28. The molecule has 0 saturated heterocycles. The lowest BCUT2D eigenvalue weighted by Gasteiger charge is -2.12. The first-order valence-electron chi connectivity index (χ1n) is 6.51. The highest BCUT2D eigenvalue weighted by molar-refractivity contribution is 9.10. The predicted octanol–water partition coefficient (Wildman–Crippen LogP) is 3.63. The summed E-state index contributed by atoms with van der Waals surface area (Å²) in [6, 6.07) is 16.1. The summed E-state index contributed by atoms with van der Waals surface area (Å²) in [5.74, 6) is 1.49. The third kappa shape index (κ3) is 4.25. The second kappa shape index (κ2) is 7.92. The smallest absolute Gasteiger partial charge is 0.175 e. The molecule has 2 aromatic rings. The minimum Gasteiger partial charge on any atom is -0.493 e. The molecule has 0 fully saturated rings. The van der Waals surface area contributed by atoms with E-state index in [1.54, 1.807) is 7.11 Å². The van der Waals surface area contributed by atoms with Gasteiger partial charge >= 0.3 is 0 Å². The summed E-state index contributed by atoms with van der Waals surface area (Å²) in [5, 5.41) is 3.35. The zero-order valence-electron chi connectivity index (χ0n) is 11.4. The van der Waals surface area contributed by atoms with Crippen LogP contribution in [0.15, 0.2) is 53.0 Å². The molecule has 0 saturated carbocycles. The molecule has 0 atom stereocenters. The summed E-state index contributed by atoms with van der Waals surface area (Å²) < 4.78 is 11.9. The molecular formula is C16H18BrNO2. The number of rotatable bonds is 7. The monoisotopic (exact) mass is 335 g/mol. The van der Waals surface area contributed by atoms with Crippen LogP contribution in [-0.2, 0) is 6.54 Å². The van der Waals surface area contributed by atoms with E-state index in [4.69, 9.17) is 9.47 Å². The van der Waals surface area contributed by atoms with E-state index in [2.05, 4.69) is 33.4 Å². The van der Waals surface area contributed by atoms with E-state index >= 15 is 0 Å². The normalized spacial score (nSPS) is 10.3. The molecule has 1 N–H and O–H groups in total. The summed E-state index contributed by atoms with van der Waals surface area (Å²) >= 11 is 3.47. The molecule has 0 amide bonds. The first-order chi connectivity index (χ1) is 9.81. The Kier molecular flexibility index (Phi) is 5.89. The van der Waals surface area contributed by atoms with Crippen LogP contribution in [0.4, 0.5) is 0 Å². The van der Waals surface area contributed by atoms with Crippen molar-refractivity contribution in [2.24, 2.45) is 0 Å². The molecule has 0 bridgehead atoms. The van der Waals surface area contributed by atoms with Crippen molar-refractivity contribution in [1.29, 1.82) is 0 Å². The molecule has 0 unspecified atom stereocenters. The number of hydrogen-bond acceptors (Lipinski definition) is 3. The zero-order valence-corrected chi connectivity index (χ0v) is 13.0. The third-order valence-electron chi connectivity index (χ3n) is 2.85. The van der Waals surface area contributed by atoms with E-state index < -0.39 is 0 Å². The quantitative estimate of drug-likeness (QED) is 0.784. The second-order valence-corrected chi connectivity index (χ2v) is 5.14. The maximum absolute atomic E-state index is 5.76. The minimum absolute atomic E-state index is 0.589. The number of benzene rings is 2. The molecule has 0 aliphatic carbocycles. The van der Waals surface area contributed by atoms with Crippen molar-refractivity contribution in [2.75, 3.05) is 20.3 Å². The van der Waals surface area contributed by atoms with Crippen LogP contribution >= 0.6 is 15.9 Å². The summed E-state index contributed by atoms with van der Waals surface area (Å²) in [5.41, 5.74) is 1.27.